The van der Waals surface area contributed by atoms with Gasteiger partial charge < -0.3 is 9.88 Å². The van der Waals surface area contributed by atoms with Crippen molar-refractivity contribution < 1.29 is 9.72 Å². The summed E-state index contributed by atoms with van der Waals surface area (Å²) in [5.41, 5.74) is 0.180. The fourth-order valence-electron chi connectivity index (χ4n) is 1.51. The summed E-state index contributed by atoms with van der Waals surface area (Å²) in [5, 5.41) is 13.3. The van der Waals surface area contributed by atoms with E-state index in [2.05, 4.69) is 11.2 Å². The molecule has 18 heavy (non-hydrogen) atoms. The molecule has 0 spiro atoms. The van der Waals surface area contributed by atoms with Gasteiger partial charge in [-0.2, -0.15) is 0 Å². The molecule has 0 saturated heterocycles. The van der Waals surface area contributed by atoms with E-state index in [4.69, 9.17) is 6.42 Å². The predicted octanol–water partition coefficient (Wildman–Crippen LogP) is 1.73. The summed E-state index contributed by atoms with van der Waals surface area (Å²) < 4.78 is 1.57. The molecule has 0 aliphatic rings. The standard InChI is InChI=1S/C12H15N3O3/c1-4-5-6-13-12(16)11-7-10(15(17)18)8-14(11)9(2)3/h1,7-9H,5-6H2,2-3H3,(H,13,16). The summed E-state index contributed by atoms with van der Waals surface area (Å²) in [6.07, 6.45) is 6.87. The second-order valence-electron chi connectivity index (χ2n) is 4.05. The fraction of sp³-hybridized carbons (Fsp3) is 0.417. The molecule has 0 aliphatic heterocycles. The van der Waals surface area contributed by atoms with Crippen molar-refractivity contribution in [3.8, 4) is 12.3 Å². The number of nitrogens with zero attached hydrogens (tertiary/aromatic N) is 2. The molecular weight excluding hydrogens is 234 g/mol. The zero-order valence-electron chi connectivity index (χ0n) is 10.3. The number of aromatic nitrogens is 1. The molecule has 0 radical (unpaired) electrons. The second kappa shape index (κ2) is 5.87. The number of nitro groups is 1. The summed E-state index contributed by atoms with van der Waals surface area (Å²) in [5.74, 6) is 2.05. The molecular formula is C12H15N3O3. The predicted molar refractivity (Wildman–Crippen MR) is 67.3 cm³/mol. The minimum Gasteiger partial charge on any atom is -0.350 e. The van der Waals surface area contributed by atoms with Gasteiger partial charge in [0.1, 0.15) is 5.69 Å². The molecule has 0 bridgehead atoms. The molecule has 0 atom stereocenters. The number of hydrogen-bond donors (Lipinski definition) is 1. The van der Waals surface area contributed by atoms with Crippen LogP contribution in [0.15, 0.2) is 12.3 Å². The third-order valence-electron chi connectivity index (χ3n) is 2.39. The van der Waals surface area contributed by atoms with E-state index in [1.54, 1.807) is 4.57 Å². The molecule has 6 nitrogen and oxygen atoms in total. The molecule has 1 aromatic heterocycles. The van der Waals surface area contributed by atoms with Gasteiger partial charge in [0.2, 0.25) is 0 Å². The van der Waals surface area contributed by atoms with Crippen molar-refractivity contribution in [3.05, 3.63) is 28.1 Å². The molecule has 1 N–H and O–H groups in total. The van der Waals surface area contributed by atoms with Crippen molar-refractivity contribution in [1.29, 1.82) is 0 Å². The van der Waals surface area contributed by atoms with Crippen molar-refractivity contribution in [2.75, 3.05) is 6.54 Å². The Hall–Kier alpha value is -2.29. The third kappa shape index (κ3) is 3.10. The van der Waals surface area contributed by atoms with Crippen molar-refractivity contribution >= 4 is 11.6 Å². The third-order valence-corrected chi connectivity index (χ3v) is 2.39. The number of terminal acetylenes is 1. The van der Waals surface area contributed by atoms with E-state index in [0.29, 0.717) is 13.0 Å². The van der Waals surface area contributed by atoms with Crippen LogP contribution < -0.4 is 5.32 Å². The number of amides is 1. The van der Waals surface area contributed by atoms with Crippen LogP contribution in [0.2, 0.25) is 0 Å². The lowest BCUT2D eigenvalue weighted by molar-refractivity contribution is -0.384. The van der Waals surface area contributed by atoms with Crippen LogP contribution in [0.4, 0.5) is 5.69 Å². The van der Waals surface area contributed by atoms with Crippen LogP contribution in [0.1, 0.15) is 36.8 Å². The van der Waals surface area contributed by atoms with Crippen LogP contribution >= 0.6 is 0 Å². The first-order valence-electron chi connectivity index (χ1n) is 5.55. The minimum atomic E-state index is -0.517. The lowest BCUT2D eigenvalue weighted by Gasteiger charge is -2.11. The Morgan fingerprint density at radius 1 is 1.67 bits per heavy atom. The van der Waals surface area contributed by atoms with Crippen LogP contribution in [-0.2, 0) is 0 Å². The van der Waals surface area contributed by atoms with Gasteiger partial charge in [0.15, 0.2) is 0 Å². The van der Waals surface area contributed by atoms with Crippen LogP contribution in [-0.4, -0.2) is 21.9 Å². The molecule has 0 saturated carbocycles. The molecule has 1 heterocycles. The number of carbonyl (C=O) groups is 1. The van der Waals surface area contributed by atoms with E-state index in [1.807, 2.05) is 13.8 Å². The highest BCUT2D eigenvalue weighted by Crippen LogP contribution is 2.20. The Balaban J connectivity index is 2.96. The molecule has 1 aromatic rings. The van der Waals surface area contributed by atoms with Gasteiger partial charge in [-0.1, -0.05) is 0 Å². The Bertz CT molecular complexity index is 497. The van der Waals surface area contributed by atoms with Crippen molar-refractivity contribution in [1.82, 2.24) is 9.88 Å². The lowest BCUT2D eigenvalue weighted by atomic mass is 10.3. The highest BCUT2D eigenvalue weighted by molar-refractivity contribution is 5.93. The summed E-state index contributed by atoms with van der Waals surface area (Å²) in [6, 6.07) is 1.23. The first kappa shape index (κ1) is 13.8. The summed E-state index contributed by atoms with van der Waals surface area (Å²) in [6.45, 7) is 4.05. The zero-order chi connectivity index (χ0) is 13.7. The van der Waals surface area contributed by atoms with E-state index in [-0.39, 0.29) is 23.3 Å². The molecule has 1 amide bonds. The molecule has 0 aromatic carbocycles. The highest BCUT2D eigenvalue weighted by Gasteiger charge is 2.20. The first-order valence-corrected chi connectivity index (χ1v) is 5.55. The quantitative estimate of drug-likeness (QED) is 0.373. The van der Waals surface area contributed by atoms with Gasteiger partial charge in [0.05, 0.1) is 11.1 Å². The number of hydrogen-bond acceptors (Lipinski definition) is 3. The van der Waals surface area contributed by atoms with Gasteiger partial charge in [-0.15, -0.1) is 12.3 Å². The topological polar surface area (TPSA) is 77.2 Å². The average Bonchev–Trinajstić information content (AvgIpc) is 2.74. The second-order valence-corrected chi connectivity index (χ2v) is 4.05. The normalized spacial score (nSPS) is 10.1. The van der Waals surface area contributed by atoms with E-state index in [0.717, 1.165) is 0 Å². The van der Waals surface area contributed by atoms with Gasteiger partial charge in [0.25, 0.3) is 11.6 Å². The van der Waals surface area contributed by atoms with Crippen molar-refractivity contribution in [2.24, 2.45) is 0 Å². The van der Waals surface area contributed by atoms with Crippen molar-refractivity contribution in [3.63, 3.8) is 0 Å². The molecule has 96 valence electrons. The lowest BCUT2D eigenvalue weighted by Crippen LogP contribution is -2.26. The van der Waals surface area contributed by atoms with Crippen LogP contribution in [0.3, 0.4) is 0 Å². The Kier molecular flexibility index (Phi) is 4.49. The maximum atomic E-state index is 11.9. The van der Waals surface area contributed by atoms with Crippen LogP contribution in [0, 0.1) is 22.5 Å². The van der Waals surface area contributed by atoms with Gasteiger partial charge >= 0.3 is 0 Å². The van der Waals surface area contributed by atoms with E-state index in [9.17, 15) is 14.9 Å². The average molecular weight is 249 g/mol. The van der Waals surface area contributed by atoms with E-state index < -0.39 is 4.92 Å². The smallest absolute Gasteiger partial charge is 0.287 e. The van der Waals surface area contributed by atoms with E-state index >= 15 is 0 Å². The first-order chi connectivity index (χ1) is 8.47. The van der Waals surface area contributed by atoms with Crippen LogP contribution in [0.5, 0.6) is 0 Å². The zero-order valence-corrected chi connectivity index (χ0v) is 10.3. The van der Waals surface area contributed by atoms with Gasteiger partial charge in [0, 0.05) is 25.1 Å². The maximum absolute atomic E-state index is 11.9. The number of carbonyl (C=O) groups excluding carboxylic acids is 1. The maximum Gasteiger partial charge on any atom is 0.287 e. The van der Waals surface area contributed by atoms with E-state index in [1.165, 1.54) is 12.3 Å². The number of nitrogens with one attached hydrogen (secondary N) is 1. The van der Waals surface area contributed by atoms with Gasteiger partial charge in [-0.3, -0.25) is 14.9 Å². The summed E-state index contributed by atoms with van der Waals surface area (Å²) >= 11 is 0. The Morgan fingerprint density at radius 3 is 2.83 bits per heavy atom. The molecule has 0 aliphatic carbocycles. The largest absolute Gasteiger partial charge is 0.350 e. The monoisotopic (exact) mass is 249 g/mol. The Labute approximate surface area is 105 Å². The number of rotatable bonds is 5. The molecule has 0 fully saturated rings. The minimum absolute atomic E-state index is 0.0351. The molecule has 1 rings (SSSR count). The summed E-state index contributed by atoms with van der Waals surface area (Å²) in [7, 11) is 0. The highest BCUT2D eigenvalue weighted by atomic mass is 16.6. The Morgan fingerprint density at radius 2 is 2.33 bits per heavy atom. The molecule has 0 unspecified atom stereocenters. The molecule has 6 heteroatoms. The van der Waals surface area contributed by atoms with Gasteiger partial charge in [-0.25, -0.2) is 0 Å². The summed E-state index contributed by atoms with van der Waals surface area (Å²) in [4.78, 5) is 22.0. The van der Waals surface area contributed by atoms with Gasteiger partial charge in [-0.05, 0) is 13.8 Å². The van der Waals surface area contributed by atoms with Crippen LogP contribution in [0.25, 0.3) is 0 Å². The SMILES string of the molecule is C#CCCNC(=O)c1cc([N+](=O)[O-])cn1C(C)C. The van der Waals surface area contributed by atoms with Crippen molar-refractivity contribution in [2.45, 2.75) is 26.3 Å². The fourth-order valence-corrected chi connectivity index (χ4v) is 1.51.